The second-order valence-corrected chi connectivity index (χ2v) is 9.17. The average Bonchev–Trinajstić information content (AvgIpc) is 3.55. The van der Waals surface area contributed by atoms with Gasteiger partial charge in [0.25, 0.3) is 5.91 Å². The zero-order valence-electron chi connectivity index (χ0n) is 18.5. The minimum atomic E-state index is -1.25. The molecule has 9 heteroatoms. The number of carbonyl (C=O) groups is 2. The Kier molecular flexibility index (Phi) is 5.40. The third-order valence-corrected chi connectivity index (χ3v) is 6.72. The number of hydrogen-bond acceptors (Lipinski definition) is 5. The van der Waals surface area contributed by atoms with Gasteiger partial charge in [-0.1, -0.05) is 24.4 Å². The van der Waals surface area contributed by atoms with Crippen LogP contribution in [0.2, 0.25) is 5.02 Å². The molecule has 0 radical (unpaired) electrons. The molecule has 1 aliphatic heterocycles. The zero-order chi connectivity index (χ0) is 23.2. The van der Waals surface area contributed by atoms with Crippen LogP contribution in [0.3, 0.4) is 0 Å². The third kappa shape index (κ3) is 3.68. The van der Waals surface area contributed by atoms with Crippen LogP contribution in [0.4, 0.5) is 5.69 Å². The summed E-state index contributed by atoms with van der Waals surface area (Å²) in [5.41, 5.74) is 0.0688. The highest BCUT2D eigenvalue weighted by molar-refractivity contribution is 6.31. The van der Waals surface area contributed by atoms with Crippen molar-refractivity contribution in [2.75, 3.05) is 12.0 Å². The maximum atomic E-state index is 13.9. The smallest absolute Gasteiger partial charge is 0.277 e. The number of carbonyl (C=O) groups excluding carboxylic acids is 2. The molecule has 5 rings (SSSR count). The summed E-state index contributed by atoms with van der Waals surface area (Å²) >= 11 is 6.30. The van der Waals surface area contributed by atoms with Crippen molar-refractivity contribution in [2.24, 2.45) is 0 Å². The Morgan fingerprint density at radius 1 is 1.27 bits per heavy atom. The number of ether oxygens (including phenoxy) is 1. The van der Waals surface area contributed by atoms with E-state index in [2.05, 4.69) is 10.4 Å². The second-order valence-electron chi connectivity index (χ2n) is 8.74. The average molecular weight is 469 g/mol. The first-order valence-corrected chi connectivity index (χ1v) is 11.4. The molecule has 1 aliphatic carbocycles. The number of nitrogens with zero attached hydrogens (tertiary/aromatic N) is 3. The monoisotopic (exact) mass is 468 g/mol. The first kappa shape index (κ1) is 21.6. The molecule has 2 aliphatic rings. The summed E-state index contributed by atoms with van der Waals surface area (Å²) in [7, 11) is 1.52. The molecule has 33 heavy (non-hydrogen) atoms. The molecule has 1 atom stereocenters. The van der Waals surface area contributed by atoms with Crippen LogP contribution >= 0.6 is 11.6 Å². The summed E-state index contributed by atoms with van der Waals surface area (Å²) in [5.74, 6) is 0.405. The predicted molar refractivity (Wildman–Crippen MR) is 124 cm³/mol. The van der Waals surface area contributed by atoms with Crippen molar-refractivity contribution < 1.29 is 18.7 Å². The molecule has 2 amide bonds. The van der Waals surface area contributed by atoms with E-state index in [-0.39, 0.29) is 24.4 Å². The number of hydrogen-bond donors (Lipinski definition) is 1. The van der Waals surface area contributed by atoms with Gasteiger partial charge in [-0.3, -0.25) is 19.2 Å². The lowest BCUT2D eigenvalue weighted by Crippen LogP contribution is -2.65. The van der Waals surface area contributed by atoms with E-state index in [0.717, 1.165) is 25.7 Å². The van der Waals surface area contributed by atoms with Crippen LogP contribution in [0.5, 0.6) is 5.75 Å². The first-order chi connectivity index (χ1) is 15.9. The molecule has 0 saturated heterocycles. The third-order valence-electron chi connectivity index (χ3n) is 6.49. The maximum Gasteiger partial charge on any atom is 0.277 e. The van der Waals surface area contributed by atoms with Crippen molar-refractivity contribution in [1.29, 1.82) is 0 Å². The molecular formula is C24H25ClN4O4. The molecule has 1 saturated carbocycles. The summed E-state index contributed by atoms with van der Waals surface area (Å²) in [4.78, 5) is 29.1. The number of methoxy groups -OCH3 is 1. The molecule has 1 aromatic carbocycles. The van der Waals surface area contributed by atoms with E-state index in [1.165, 1.54) is 12.0 Å². The van der Waals surface area contributed by atoms with Crippen molar-refractivity contribution in [3.05, 3.63) is 53.4 Å². The highest BCUT2D eigenvalue weighted by Gasteiger charge is 2.50. The Bertz CT molecular complexity index is 1200. The largest absolute Gasteiger partial charge is 0.495 e. The fourth-order valence-corrected chi connectivity index (χ4v) is 4.92. The summed E-state index contributed by atoms with van der Waals surface area (Å²) in [6, 6.07) is 10.4. The van der Waals surface area contributed by atoms with Gasteiger partial charge in [0.05, 0.1) is 25.6 Å². The molecule has 172 valence electrons. The van der Waals surface area contributed by atoms with E-state index in [1.54, 1.807) is 54.3 Å². The van der Waals surface area contributed by atoms with E-state index in [1.807, 2.05) is 0 Å². The number of fused-ring (bicyclic) bond motifs is 1. The number of anilines is 1. The molecule has 3 aromatic rings. The highest BCUT2D eigenvalue weighted by Crippen LogP contribution is 2.40. The van der Waals surface area contributed by atoms with Gasteiger partial charge >= 0.3 is 0 Å². The van der Waals surface area contributed by atoms with E-state index in [0.29, 0.717) is 33.6 Å². The topological polar surface area (TPSA) is 89.6 Å². The van der Waals surface area contributed by atoms with Gasteiger partial charge in [-0.25, -0.2) is 0 Å². The molecule has 1 unspecified atom stereocenters. The summed E-state index contributed by atoms with van der Waals surface area (Å²) in [6.45, 7) is 1.93. The highest BCUT2D eigenvalue weighted by atomic mass is 35.5. The standard InChI is InChI=1S/C24H25ClN4O4/c1-24(23(31)26-16-6-3-4-7-16)14-28-19(13-17(27-28)20-8-5-11-33-20)22(30)29(24)18-12-15(25)9-10-21(18)32-2/h5,8-13,16H,3-4,6-7,14H2,1-2H3,(H,26,31). The molecule has 0 bridgehead atoms. The quantitative estimate of drug-likeness (QED) is 0.603. The lowest BCUT2D eigenvalue weighted by Gasteiger charge is -2.43. The van der Waals surface area contributed by atoms with Gasteiger partial charge < -0.3 is 14.5 Å². The van der Waals surface area contributed by atoms with Gasteiger partial charge in [0, 0.05) is 17.1 Å². The zero-order valence-corrected chi connectivity index (χ0v) is 19.3. The molecule has 2 aromatic heterocycles. The molecule has 0 spiro atoms. The number of furan rings is 1. The van der Waals surface area contributed by atoms with Crippen molar-refractivity contribution in [2.45, 2.75) is 50.7 Å². The second kappa shape index (κ2) is 8.26. The fraction of sp³-hybridized carbons (Fsp3) is 0.375. The van der Waals surface area contributed by atoms with Crippen LogP contribution in [0.1, 0.15) is 43.1 Å². The lowest BCUT2D eigenvalue weighted by atomic mass is 9.93. The van der Waals surface area contributed by atoms with Gasteiger partial charge in [0.1, 0.15) is 22.7 Å². The Morgan fingerprint density at radius 2 is 2.06 bits per heavy atom. The Balaban J connectivity index is 1.63. The van der Waals surface area contributed by atoms with E-state index < -0.39 is 5.54 Å². The van der Waals surface area contributed by atoms with Crippen LogP contribution in [-0.4, -0.2) is 40.3 Å². The Hall–Kier alpha value is -3.26. The van der Waals surface area contributed by atoms with Crippen LogP contribution in [-0.2, 0) is 11.3 Å². The molecule has 1 N–H and O–H groups in total. The van der Waals surface area contributed by atoms with Crippen molar-refractivity contribution in [3.63, 3.8) is 0 Å². The Morgan fingerprint density at radius 3 is 2.76 bits per heavy atom. The molecule has 8 nitrogen and oxygen atoms in total. The number of nitrogens with one attached hydrogen (secondary N) is 1. The minimum absolute atomic E-state index is 0.102. The molecular weight excluding hydrogens is 444 g/mol. The van der Waals surface area contributed by atoms with Gasteiger partial charge in [-0.15, -0.1) is 0 Å². The van der Waals surface area contributed by atoms with Crippen molar-refractivity contribution in [1.82, 2.24) is 15.1 Å². The maximum absolute atomic E-state index is 13.9. The lowest BCUT2D eigenvalue weighted by molar-refractivity contribution is -0.127. The number of amides is 2. The van der Waals surface area contributed by atoms with Crippen LogP contribution in [0, 0.1) is 0 Å². The fourth-order valence-electron chi connectivity index (χ4n) is 4.75. The SMILES string of the molecule is COc1ccc(Cl)cc1N1C(=O)c2cc(-c3ccco3)nn2CC1(C)C(=O)NC1CCCC1. The van der Waals surface area contributed by atoms with E-state index >= 15 is 0 Å². The van der Waals surface area contributed by atoms with Crippen LogP contribution in [0.25, 0.3) is 11.5 Å². The predicted octanol–water partition coefficient (Wildman–Crippen LogP) is 4.28. The normalized spacial score (nSPS) is 20.7. The molecule has 1 fully saturated rings. The van der Waals surface area contributed by atoms with Crippen LogP contribution < -0.4 is 15.0 Å². The number of rotatable bonds is 5. The van der Waals surface area contributed by atoms with Gasteiger partial charge in [-0.05, 0) is 50.1 Å². The number of aromatic nitrogens is 2. The summed E-state index contributed by atoms with van der Waals surface area (Å²) in [5, 5.41) is 8.18. The van der Waals surface area contributed by atoms with Gasteiger partial charge in [-0.2, -0.15) is 5.10 Å². The Labute approximate surface area is 196 Å². The van der Waals surface area contributed by atoms with Gasteiger partial charge in [0.2, 0.25) is 5.91 Å². The van der Waals surface area contributed by atoms with Crippen molar-refractivity contribution >= 4 is 29.1 Å². The number of benzene rings is 1. The van der Waals surface area contributed by atoms with E-state index in [9.17, 15) is 9.59 Å². The summed E-state index contributed by atoms with van der Waals surface area (Å²) in [6.07, 6.45) is 5.60. The summed E-state index contributed by atoms with van der Waals surface area (Å²) < 4.78 is 12.6. The number of halogens is 1. The van der Waals surface area contributed by atoms with Crippen LogP contribution in [0.15, 0.2) is 47.1 Å². The van der Waals surface area contributed by atoms with Gasteiger partial charge in [0.15, 0.2) is 5.76 Å². The first-order valence-electron chi connectivity index (χ1n) is 11.0. The van der Waals surface area contributed by atoms with E-state index in [4.69, 9.17) is 20.8 Å². The molecule has 3 heterocycles. The van der Waals surface area contributed by atoms with Crippen molar-refractivity contribution in [3.8, 4) is 17.2 Å². The minimum Gasteiger partial charge on any atom is -0.495 e.